The van der Waals surface area contributed by atoms with Crippen molar-refractivity contribution in [1.29, 1.82) is 0 Å². The van der Waals surface area contributed by atoms with Gasteiger partial charge in [0.2, 0.25) is 21.8 Å². The van der Waals surface area contributed by atoms with Crippen molar-refractivity contribution in [3.05, 3.63) is 53.6 Å². The van der Waals surface area contributed by atoms with E-state index in [1.165, 1.54) is 21.6 Å². The summed E-state index contributed by atoms with van der Waals surface area (Å²) in [6.07, 6.45) is 4.29. The normalized spacial score (nSPS) is 21.2. The van der Waals surface area contributed by atoms with E-state index in [2.05, 4.69) is 5.32 Å². The van der Waals surface area contributed by atoms with Gasteiger partial charge in [-0.1, -0.05) is 18.2 Å². The predicted octanol–water partition coefficient (Wildman–Crippen LogP) is 2.90. The van der Waals surface area contributed by atoms with E-state index in [0.29, 0.717) is 18.0 Å². The third-order valence-corrected chi connectivity index (χ3v) is 9.79. The average molecular weight is 486 g/mol. The highest BCUT2D eigenvalue weighted by Gasteiger charge is 2.34. The number of nitrogens with zero attached hydrogens (tertiary/aromatic N) is 2. The van der Waals surface area contributed by atoms with Crippen LogP contribution in [0.4, 0.5) is 5.69 Å². The van der Waals surface area contributed by atoms with E-state index < -0.39 is 15.3 Å². The van der Waals surface area contributed by atoms with Crippen molar-refractivity contribution in [3.8, 4) is 0 Å². The number of para-hydroxylation sites is 1. The lowest BCUT2D eigenvalue weighted by Gasteiger charge is -2.35. The summed E-state index contributed by atoms with van der Waals surface area (Å²) in [4.78, 5) is 28.3. The molecule has 2 aliphatic heterocycles. The first-order valence-corrected chi connectivity index (χ1v) is 13.7. The quantitative estimate of drug-likeness (QED) is 0.720. The molecule has 1 saturated heterocycles. The van der Waals surface area contributed by atoms with Crippen molar-refractivity contribution in [3.63, 3.8) is 0 Å². The van der Waals surface area contributed by atoms with Crippen LogP contribution in [0.1, 0.15) is 30.4 Å². The fourth-order valence-electron chi connectivity index (χ4n) is 4.71. The Hall–Kier alpha value is -2.36. The van der Waals surface area contributed by atoms with Gasteiger partial charge in [0.15, 0.2) is 0 Å². The molecule has 1 N–H and O–H groups in total. The summed E-state index contributed by atoms with van der Waals surface area (Å²) >= 11 is 1.40. The van der Waals surface area contributed by atoms with Gasteiger partial charge in [0.1, 0.15) is 0 Å². The van der Waals surface area contributed by atoms with Crippen LogP contribution in [0, 0.1) is 0 Å². The van der Waals surface area contributed by atoms with Crippen molar-refractivity contribution >= 4 is 39.3 Å². The van der Waals surface area contributed by atoms with Crippen molar-refractivity contribution in [2.45, 2.75) is 47.1 Å². The molecule has 5 rings (SSSR count). The van der Waals surface area contributed by atoms with Crippen LogP contribution in [-0.4, -0.2) is 60.9 Å². The number of fused-ring (bicyclic) bond motifs is 2. The van der Waals surface area contributed by atoms with Gasteiger partial charge in [0.05, 0.1) is 15.8 Å². The molecule has 1 fully saturated rings. The summed E-state index contributed by atoms with van der Waals surface area (Å²) in [5.74, 6) is -0.284. The Labute approximate surface area is 198 Å². The van der Waals surface area contributed by atoms with Crippen LogP contribution in [0.3, 0.4) is 0 Å². The predicted molar refractivity (Wildman–Crippen MR) is 128 cm³/mol. The van der Waals surface area contributed by atoms with E-state index in [4.69, 9.17) is 0 Å². The smallest absolute Gasteiger partial charge is 0.243 e. The fraction of sp³-hybridized carbons (Fsp3) is 0.417. The van der Waals surface area contributed by atoms with Crippen molar-refractivity contribution in [1.82, 2.24) is 9.21 Å². The summed E-state index contributed by atoms with van der Waals surface area (Å²) in [7, 11) is -3.59. The van der Waals surface area contributed by atoms with Gasteiger partial charge < -0.3 is 10.2 Å². The summed E-state index contributed by atoms with van der Waals surface area (Å²) in [5.41, 5.74) is 3.17. The van der Waals surface area contributed by atoms with Gasteiger partial charge in [0.25, 0.3) is 0 Å². The Morgan fingerprint density at radius 1 is 1.00 bits per heavy atom. The van der Waals surface area contributed by atoms with E-state index >= 15 is 0 Å². The SMILES string of the molecule is O=C1Nc2ccccc2SC1CC(=O)N1CCN(S(=O)(=O)c2ccc3c(c2)CCCC3)CC1. The summed E-state index contributed by atoms with van der Waals surface area (Å²) in [5, 5.41) is 2.39. The summed E-state index contributed by atoms with van der Waals surface area (Å²) in [6, 6.07) is 13.0. The van der Waals surface area contributed by atoms with Crippen LogP contribution in [0.15, 0.2) is 52.3 Å². The van der Waals surface area contributed by atoms with Crippen molar-refractivity contribution < 1.29 is 18.0 Å². The molecule has 1 unspecified atom stereocenters. The van der Waals surface area contributed by atoms with Crippen LogP contribution in [0.5, 0.6) is 0 Å². The Kier molecular flexibility index (Phi) is 6.20. The van der Waals surface area contributed by atoms with Gasteiger partial charge in [-0.25, -0.2) is 8.42 Å². The highest BCUT2D eigenvalue weighted by atomic mass is 32.2. The number of carbonyl (C=O) groups is 2. The number of rotatable bonds is 4. The summed E-state index contributed by atoms with van der Waals surface area (Å²) in [6.45, 7) is 1.19. The van der Waals surface area contributed by atoms with E-state index in [9.17, 15) is 18.0 Å². The zero-order valence-corrected chi connectivity index (χ0v) is 20.0. The first-order valence-electron chi connectivity index (χ1n) is 11.4. The highest BCUT2D eigenvalue weighted by Crippen LogP contribution is 2.37. The molecule has 0 saturated carbocycles. The molecule has 2 heterocycles. The summed E-state index contributed by atoms with van der Waals surface area (Å²) < 4.78 is 27.9. The van der Waals surface area contributed by atoms with Gasteiger partial charge in [-0.05, 0) is 61.1 Å². The number of aryl methyl sites for hydroxylation is 2. The number of hydrogen-bond donors (Lipinski definition) is 1. The average Bonchev–Trinajstić information content (AvgIpc) is 2.84. The van der Waals surface area contributed by atoms with Crippen molar-refractivity contribution in [2.24, 2.45) is 0 Å². The molecule has 1 atom stereocenters. The third kappa shape index (κ3) is 4.54. The molecule has 0 radical (unpaired) electrons. The number of thioether (sulfide) groups is 1. The van der Waals surface area contributed by atoms with Crippen LogP contribution in [0.25, 0.3) is 0 Å². The van der Waals surface area contributed by atoms with Crippen LogP contribution in [0.2, 0.25) is 0 Å². The molecule has 174 valence electrons. The maximum Gasteiger partial charge on any atom is 0.243 e. The third-order valence-electron chi connectivity index (χ3n) is 6.62. The molecule has 2 amide bonds. The molecule has 3 aliphatic rings. The number of anilines is 1. The molecule has 9 heteroatoms. The van der Waals surface area contributed by atoms with Crippen LogP contribution in [-0.2, 0) is 32.5 Å². The van der Waals surface area contributed by atoms with E-state index in [1.807, 2.05) is 36.4 Å². The van der Waals surface area contributed by atoms with Crippen molar-refractivity contribution in [2.75, 3.05) is 31.5 Å². The van der Waals surface area contributed by atoms with Gasteiger partial charge in [-0.2, -0.15) is 4.31 Å². The number of piperazine rings is 1. The molecule has 2 aromatic rings. The zero-order valence-electron chi connectivity index (χ0n) is 18.3. The number of hydrogen-bond acceptors (Lipinski definition) is 5. The Morgan fingerprint density at radius 2 is 1.73 bits per heavy atom. The largest absolute Gasteiger partial charge is 0.340 e. The number of nitrogens with one attached hydrogen (secondary N) is 1. The number of benzene rings is 2. The highest BCUT2D eigenvalue weighted by molar-refractivity contribution is 8.01. The molecule has 0 bridgehead atoms. The first kappa shape index (κ1) is 22.4. The van der Waals surface area contributed by atoms with Crippen LogP contribution >= 0.6 is 11.8 Å². The molecule has 0 aromatic heterocycles. The Balaban J connectivity index is 1.20. The van der Waals surface area contributed by atoms with Gasteiger partial charge in [-0.3, -0.25) is 9.59 Å². The van der Waals surface area contributed by atoms with Crippen LogP contribution < -0.4 is 5.32 Å². The topological polar surface area (TPSA) is 86.8 Å². The molecule has 7 nitrogen and oxygen atoms in total. The lowest BCUT2D eigenvalue weighted by Crippen LogP contribution is -2.51. The molecule has 1 aliphatic carbocycles. The lowest BCUT2D eigenvalue weighted by molar-refractivity contribution is -0.133. The maximum atomic E-state index is 13.2. The van der Waals surface area contributed by atoms with E-state index in [1.54, 1.807) is 11.0 Å². The minimum atomic E-state index is -3.59. The minimum Gasteiger partial charge on any atom is -0.340 e. The standard InChI is InChI=1S/C24H27N3O4S2/c28-23(16-22-24(29)25-20-7-3-4-8-21(20)32-22)26-11-13-27(14-12-26)33(30,31)19-10-9-17-5-1-2-6-18(17)15-19/h3-4,7-10,15,22H,1-2,5-6,11-14,16H2,(H,25,29). The fourth-order valence-corrected chi connectivity index (χ4v) is 7.29. The Bertz CT molecular complexity index is 1190. The second-order valence-corrected chi connectivity index (χ2v) is 11.9. The molecule has 33 heavy (non-hydrogen) atoms. The first-order chi connectivity index (χ1) is 15.9. The zero-order chi connectivity index (χ0) is 23.0. The van der Waals surface area contributed by atoms with Gasteiger partial charge in [-0.15, -0.1) is 11.8 Å². The molecular formula is C24H27N3O4S2. The molecular weight excluding hydrogens is 458 g/mol. The number of amides is 2. The van der Waals surface area contributed by atoms with E-state index in [0.717, 1.165) is 41.8 Å². The maximum absolute atomic E-state index is 13.2. The second kappa shape index (κ2) is 9.12. The second-order valence-electron chi connectivity index (χ2n) is 8.72. The monoisotopic (exact) mass is 485 g/mol. The van der Waals surface area contributed by atoms with Gasteiger partial charge >= 0.3 is 0 Å². The Morgan fingerprint density at radius 3 is 2.52 bits per heavy atom. The molecule has 2 aromatic carbocycles. The molecule has 0 spiro atoms. The number of sulfonamides is 1. The number of carbonyl (C=O) groups excluding carboxylic acids is 2. The van der Waals surface area contributed by atoms with E-state index in [-0.39, 0.29) is 31.3 Å². The minimum absolute atomic E-state index is 0.0996. The lowest BCUT2D eigenvalue weighted by atomic mass is 9.92. The van der Waals surface area contributed by atoms with Gasteiger partial charge in [0, 0.05) is 37.5 Å².